The van der Waals surface area contributed by atoms with E-state index in [1.807, 2.05) is 49.6 Å². The van der Waals surface area contributed by atoms with Crippen LogP contribution in [0.4, 0.5) is 0 Å². The molecule has 3 rings (SSSR count). The topological polar surface area (TPSA) is 59.1 Å². The molecular weight excluding hydrogens is 436 g/mol. The Bertz CT molecular complexity index is 914. The Balaban J connectivity index is 1.80. The highest BCUT2D eigenvalue weighted by atomic mass is 35.5. The molecule has 0 saturated carbocycles. The maximum Gasteiger partial charge on any atom is 0.242 e. The highest BCUT2D eigenvalue weighted by Crippen LogP contribution is 2.33. The molecule has 1 aliphatic heterocycles. The molecule has 0 bridgehead atoms. The first-order chi connectivity index (χ1) is 14.7. The number of hydrogen-bond donors (Lipinski definition) is 0. The van der Waals surface area contributed by atoms with Crippen molar-refractivity contribution < 1.29 is 19.1 Å². The quantitative estimate of drug-likeness (QED) is 0.512. The molecule has 0 radical (unpaired) electrons. The number of alkyl halides is 1. The molecule has 168 valence electrons. The molecule has 0 aliphatic carbocycles. The summed E-state index contributed by atoms with van der Waals surface area (Å²) in [5.41, 5.74) is 0.208. The van der Waals surface area contributed by atoms with Crippen LogP contribution in [0.25, 0.3) is 0 Å². The average molecular weight is 465 g/mol. The lowest BCUT2D eigenvalue weighted by Crippen LogP contribution is -2.50. The normalized spacial score (nSPS) is 12.8. The fourth-order valence-corrected chi connectivity index (χ4v) is 4.10. The second-order valence-electron chi connectivity index (χ2n) is 8.56. The minimum absolute atomic E-state index is 0.00669. The highest BCUT2D eigenvalue weighted by molar-refractivity contribution is 7.09. The maximum atomic E-state index is 13.4. The Labute approximate surface area is 192 Å². The average Bonchev–Trinajstić information content (AvgIpc) is 3.42. The van der Waals surface area contributed by atoms with Crippen molar-refractivity contribution in [3.05, 3.63) is 46.2 Å². The molecule has 0 fully saturated rings. The fraction of sp³-hybridized carbons (Fsp3) is 0.478. The zero-order valence-electron chi connectivity index (χ0n) is 18.4. The van der Waals surface area contributed by atoms with E-state index < -0.39 is 5.41 Å². The third-order valence-corrected chi connectivity index (χ3v) is 6.72. The van der Waals surface area contributed by atoms with Crippen LogP contribution in [0.3, 0.4) is 0 Å². The number of benzene rings is 1. The number of rotatable bonds is 9. The Morgan fingerprint density at radius 3 is 2.55 bits per heavy atom. The molecule has 1 aromatic heterocycles. The van der Waals surface area contributed by atoms with Crippen molar-refractivity contribution in [2.45, 2.75) is 46.8 Å². The molecule has 8 heteroatoms. The first-order valence-corrected chi connectivity index (χ1v) is 11.7. The van der Waals surface area contributed by atoms with E-state index in [4.69, 9.17) is 21.1 Å². The van der Waals surface area contributed by atoms with Gasteiger partial charge in [0, 0.05) is 23.3 Å². The number of carbonyl (C=O) groups is 2. The molecule has 0 spiro atoms. The van der Waals surface area contributed by atoms with E-state index in [0.29, 0.717) is 24.6 Å². The van der Waals surface area contributed by atoms with Crippen LogP contribution in [-0.4, -0.2) is 46.9 Å². The van der Waals surface area contributed by atoms with Gasteiger partial charge in [-0.1, -0.05) is 12.1 Å². The molecular formula is C23H29ClN2O4S. The van der Waals surface area contributed by atoms with Crippen LogP contribution in [0.15, 0.2) is 35.7 Å². The van der Waals surface area contributed by atoms with Gasteiger partial charge in [0.1, 0.15) is 6.54 Å². The summed E-state index contributed by atoms with van der Waals surface area (Å²) < 4.78 is 10.9. The second kappa shape index (κ2) is 9.92. The van der Waals surface area contributed by atoms with Gasteiger partial charge >= 0.3 is 0 Å². The zero-order chi connectivity index (χ0) is 22.6. The highest BCUT2D eigenvalue weighted by Gasteiger charge is 2.34. The van der Waals surface area contributed by atoms with Crippen molar-refractivity contribution in [1.82, 2.24) is 9.80 Å². The van der Waals surface area contributed by atoms with Crippen molar-refractivity contribution in [3.8, 4) is 11.5 Å². The summed E-state index contributed by atoms with van der Waals surface area (Å²) in [6.45, 7) is 8.53. The van der Waals surface area contributed by atoms with Crippen molar-refractivity contribution in [2.24, 2.45) is 5.41 Å². The number of hydrogen-bond acceptors (Lipinski definition) is 5. The van der Waals surface area contributed by atoms with Gasteiger partial charge in [0.15, 0.2) is 11.5 Å². The zero-order valence-corrected chi connectivity index (χ0v) is 20.0. The van der Waals surface area contributed by atoms with Crippen LogP contribution in [-0.2, 0) is 22.7 Å². The van der Waals surface area contributed by atoms with Crippen molar-refractivity contribution in [3.63, 3.8) is 0 Å². The van der Waals surface area contributed by atoms with Gasteiger partial charge in [-0.25, -0.2) is 0 Å². The third kappa shape index (κ3) is 5.71. The minimum Gasteiger partial charge on any atom is -0.454 e. The summed E-state index contributed by atoms with van der Waals surface area (Å²) in [4.78, 5) is 30.9. The molecule has 0 unspecified atom stereocenters. The molecule has 0 saturated heterocycles. The lowest BCUT2D eigenvalue weighted by molar-refractivity contribution is -0.147. The number of carbonyl (C=O) groups excluding carboxylic acids is 2. The molecule has 0 N–H and O–H groups in total. The smallest absolute Gasteiger partial charge is 0.242 e. The van der Waals surface area contributed by atoms with Crippen LogP contribution in [0.2, 0.25) is 0 Å². The number of ether oxygens (including phenoxy) is 2. The Kier molecular flexibility index (Phi) is 7.49. The van der Waals surface area contributed by atoms with Crippen molar-refractivity contribution >= 4 is 34.8 Å². The summed E-state index contributed by atoms with van der Waals surface area (Å²) in [5, 5.41) is 1.99. The van der Waals surface area contributed by atoms with E-state index >= 15 is 0 Å². The first kappa shape index (κ1) is 23.4. The Morgan fingerprint density at radius 1 is 1.16 bits per heavy atom. The lowest BCUT2D eigenvalue weighted by atomic mass is 9.93. The molecule has 1 aliphatic rings. The predicted octanol–water partition coefficient (Wildman–Crippen LogP) is 4.51. The Hall–Kier alpha value is -2.25. The molecule has 31 heavy (non-hydrogen) atoms. The summed E-state index contributed by atoms with van der Waals surface area (Å²) >= 11 is 7.62. The molecule has 2 heterocycles. The van der Waals surface area contributed by atoms with Gasteiger partial charge in [0.2, 0.25) is 18.6 Å². The van der Waals surface area contributed by atoms with Crippen LogP contribution in [0.1, 0.15) is 38.1 Å². The van der Waals surface area contributed by atoms with Gasteiger partial charge in [-0.15, -0.1) is 22.9 Å². The summed E-state index contributed by atoms with van der Waals surface area (Å²) in [7, 11) is 0. The molecule has 2 aromatic rings. The molecule has 6 nitrogen and oxygen atoms in total. The summed E-state index contributed by atoms with van der Waals surface area (Å²) in [6.07, 6.45) is 0. The van der Waals surface area contributed by atoms with Gasteiger partial charge in [-0.05, 0) is 56.8 Å². The number of fused-ring (bicyclic) bond motifs is 1. The van der Waals surface area contributed by atoms with Gasteiger partial charge in [0.05, 0.1) is 12.0 Å². The van der Waals surface area contributed by atoms with E-state index in [1.54, 1.807) is 35.0 Å². The number of amides is 2. The van der Waals surface area contributed by atoms with E-state index in [2.05, 4.69) is 0 Å². The van der Waals surface area contributed by atoms with Crippen LogP contribution >= 0.6 is 22.9 Å². The summed E-state index contributed by atoms with van der Waals surface area (Å²) in [5.74, 6) is 1.35. The maximum absolute atomic E-state index is 13.4. The van der Waals surface area contributed by atoms with E-state index in [1.165, 1.54) is 0 Å². The van der Waals surface area contributed by atoms with E-state index in [-0.39, 0.29) is 37.1 Å². The van der Waals surface area contributed by atoms with Crippen LogP contribution in [0.5, 0.6) is 11.5 Å². The van der Waals surface area contributed by atoms with Crippen LogP contribution in [0, 0.1) is 5.41 Å². The van der Waals surface area contributed by atoms with Gasteiger partial charge < -0.3 is 19.3 Å². The van der Waals surface area contributed by atoms with E-state index in [9.17, 15) is 9.59 Å². The third-order valence-electron chi connectivity index (χ3n) is 5.19. The van der Waals surface area contributed by atoms with Crippen molar-refractivity contribution in [1.29, 1.82) is 0 Å². The summed E-state index contributed by atoms with van der Waals surface area (Å²) in [6, 6.07) is 9.55. The molecule has 0 atom stereocenters. The predicted molar refractivity (Wildman–Crippen MR) is 122 cm³/mol. The van der Waals surface area contributed by atoms with Crippen LogP contribution < -0.4 is 9.47 Å². The second-order valence-corrected chi connectivity index (χ2v) is 9.86. The van der Waals surface area contributed by atoms with Crippen molar-refractivity contribution in [2.75, 3.05) is 19.2 Å². The minimum atomic E-state index is -0.734. The SMILES string of the molecule is CC(C)N(CC(=O)N(Cc1ccc2c(c1)OCO2)Cc1cccs1)C(=O)C(C)(C)CCl. The van der Waals surface area contributed by atoms with E-state index in [0.717, 1.165) is 10.4 Å². The monoisotopic (exact) mass is 464 g/mol. The largest absolute Gasteiger partial charge is 0.454 e. The number of halogens is 1. The van der Waals surface area contributed by atoms with Gasteiger partial charge in [-0.2, -0.15) is 0 Å². The standard InChI is InChI=1S/C23H29ClN2O4S/c1-16(2)26(22(28)23(3,4)14-24)13-21(27)25(12-18-6-5-9-31-18)11-17-7-8-19-20(10-17)30-15-29-19/h5-10,16H,11-15H2,1-4H3. The lowest BCUT2D eigenvalue weighted by Gasteiger charge is -2.35. The fourth-order valence-electron chi connectivity index (χ4n) is 3.26. The van der Waals surface area contributed by atoms with Gasteiger partial charge in [-0.3, -0.25) is 9.59 Å². The number of nitrogens with zero attached hydrogens (tertiary/aromatic N) is 2. The molecule has 2 amide bonds. The molecule has 1 aromatic carbocycles. The number of thiophene rings is 1. The Morgan fingerprint density at radius 2 is 1.90 bits per heavy atom. The van der Waals surface area contributed by atoms with Gasteiger partial charge in [0.25, 0.3) is 0 Å². The first-order valence-electron chi connectivity index (χ1n) is 10.3.